The fourth-order valence-corrected chi connectivity index (χ4v) is 0.443. The van der Waals surface area contributed by atoms with Gasteiger partial charge < -0.3 is 0 Å². The topological polar surface area (TPSA) is 70.5 Å². The predicted octanol–water partition coefficient (Wildman–Crippen LogP) is 0.671. The highest BCUT2D eigenvalue weighted by atomic mass is 16.2. The number of hydrogen-bond donors (Lipinski definition) is 1. The average molecular weight is 150 g/mol. The van der Waals surface area contributed by atoms with Crippen LogP contribution in [-0.2, 0) is 0 Å². The van der Waals surface area contributed by atoms with Gasteiger partial charge in [0.15, 0.2) is 0 Å². The third-order valence-electron chi connectivity index (χ3n) is 0.843. The molecule has 0 unspecified atom stereocenters. The smallest absolute Gasteiger partial charge is 0.286 e. The van der Waals surface area contributed by atoms with Gasteiger partial charge in [0, 0.05) is 12.4 Å². The molecule has 2 amide bonds. The number of nitrogens with one attached hydrogen (secondary N) is 1. The molecule has 0 spiro atoms. The van der Waals surface area contributed by atoms with Crippen molar-refractivity contribution in [3.8, 4) is 0 Å². The average Bonchev–Trinajstić information content (AvgIpc) is 2.57. The van der Waals surface area contributed by atoms with Crippen molar-refractivity contribution in [3.63, 3.8) is 0 Å². The van der Waals surface area contributed by atoms with Gasteiger partial charge in [-0.1, -0.05) is 0 Å². The molecule has 0 saturated carbocycles. The molecular weight excluding hydrogens is 144 g/mol. The van der Waals surface area contributed by atoms with Gasteiger partial charge in [0.25, 0.3) is 0 Å². The van der Waals surface area contributed by atoms with E-state index in [0.717, 1.165) is 0 Å². The molecule has 56 valence electrons. The molecule has 0 atom stereocenters. The van der Waals surface area contributed by atoms with Gasteiger partial charge in [-0.25, -0.2) is 4.79 Å². The van der Waals surface area contributed by atoms with Crippen LogP contribution in [0.15, 0.2) is 28.4 Å². The zero-order valence-corrected chi connectivity index (χ0v) is 5.64. The highest BCUT2D eigenvalue weighted by molar-refractivity contribution is 6.25. The van der Waals surface area contributed by atoms with Gasteiger partial charge in [0.2, 0.25) is 0 Å². The quantitative estimate of drug-likeness (QED) is 0.590. The molecule has 0 radical (unpaired) electrons. The van der Waals surface area contributed by atoms with Crippen molar-refractivity contribution >= 4 is 18.5 Å². The van der Waals surface area contributed by atoms with Crippen LogP contribution in [0.3, 0.4) is 0 Å². The van der Waals surface area contributed by atoms with Crippen molar-refractivity contribution in [2.45, 2.75) is 0 Å². The Morgan fingerprint density at radius 3 is 2.18 bits per heavy atom. The first kappa shape index (κ1) is 7.33. The highest BCUT2D eigenvalue weighted by Crippen LogP contribution is 1.81. The molecule has 11 heavy (non-hydrogen) atoms. The number of carbonyl (C=O) groups is 1. The van der Waals surface area contributed by atoms with Crippen LogP contribution in [0.25, 0.3) is 0 Å². The standard InChI is InChI=1S/C3H2N2O.C3H4N2/c6-3-4-1-2-5-3;1-2-4-5-3-1/h1-2H;1-3H,(H,4,5). The van der Waals surface area contributed by atoms with Crippen LogP contribution in [0.4, 0.5) is 4.79 Å². The predicted molar refractivity (Wildman–Crippen MR) is 41.0 cm³/mol. The second-order valence-electron chi connectivity index (χ2n) is 1.61. The lowest BCUT2D eigenvalue weighted by molar-refractivity contribution is 0.257. The first-order chi connectivity index (χ1) is 5.39. The zero-order valence-electron chi connectivity index (χ0n) is 5.64. The molecule has 2 heterocycles. The molecule has 1 N–H and O–H groups in total. The van der Waals surface area contributed by atoms with Gasteiger partial charge in [-0.05, 0) is 6.07 Å². The van der Waals surface area contributed by atoms with Gasteiger partial charge in [0.05, 0.1) is 12.4 Å². The van der Waals surface area contributed by atoms with E-state index in [9.17, 15) is 4.79 Å². The Morgan fingerprint density at radius 2 is 2.00 bits per heavy atom. The minimum absolute atomic E-state index is 0.407. The summed E-state index contributed by atoms with van der Waals surface area (Å²) < 4.78 is 0. The first-order valence-electron chi connectivity index (χ1n) is 2.94. The normalized spacial score (nSPS) is 12.9. The van der Waals surface area contributed by atoms with Gasteiger partial charge in [0.1, 0.15) is 0 Å². The Balaban J connectivity index is 0.000000112. The fourth-order valence-electron chi connectivity index (χ4n) is 0.443. The van der Waals surface area contributed by atoms with E-state index < -0.39 is 6.03 Å². The molecule has 5 heteroatoms. The molecule has 0 fully saturated rings. The van der Waals surface area contributed by atoms with E-state index >= 15 is 0 Å². The number of nitrogens with zero attached hydrogens (tertiary/aromatic N) is 3. The Labute approximate surface area is 62.9 Å². The molecule has 1 aromatic rings. The van der Waals surface area contributed by atoms with E-state index in [4.69, 9.17) is 0 Å². The molecule has 0 saturated heterocycles. The van der Waals surface area contributed by atoms with E-state index in [1.165, 1.54) is 12.4 Å². The van der Waals surface area contributed by atoms with Gasteiger partial charge in [-0.15, -0.1) is 0 Å². The summed E-state index contributed by atoms with van der Waals surface area (Å²) in [6.07, 6.45) is 6.19. The third-order valence-corrected chi connectivity index (χ3v) is 0.843. The van der Waals surface area contributed by atoms with E-state index in [0.29, 0.717) is 0 Å². The minimum atomic E-state index is -0.407. The Morgan fingerprint density at radius 1 is 1.27 bits per heavy atom. The van der Waals surface area contributed by atoms with Crippen molar-refractivity contribution in [2.75, 3.05) is 0 Å². The second kappa shape index (κ2) is 4.10. The SMILES string of the molecule is O=C1N=CC=N1.c1cn[nH]c1. The van der Waals surface area contributed by atoms with Crippen LogP contribution in [0, 0.1) is 0 Å². The molecule has 5 nitrogen and oxygen atoms in total. The minimum Gasteiger partial charge on any atom is -0.286 e. The number of aliphatic imine (C=N–C) groups is 2. The van der Waals surface area contributed by atoms with Crippen LogP contribution < -0.4 is 0 Å². The largest absolute Gasteiger partial charge is 0.367 e. The Bertz CT molecular complexity index is 231. The maximum Gasteiger partial charge on any atom is 0.367 e. The number of aromatic amines is 1. The molecule has 0 aliphatic carbocycles. The van der Waals surface area contributed by atoms with Gasteiger partial charge in [-0.3, -0.25) is 5.10 Å². The maximum atomic E-state index is 9.85. The number of urea groups is 1. The fraction of sp³-hybridized carbons (Fsp3) is 0. The molecule has 0 aromatic carbocycles. The summed E-state index contributed by atoms with van der Waals surface area (Å²) in [5.41, 5.74) is 0. The summed E-state index contributed by atoms with van der Waals surface area (Å²) in [4.78, 5) is 16.3. The number of H-pyrrole nitrogens is 1. The number of hydrogen-bond acceptors (Lipinski definition) is 2. The number of carbonyl (C=O) groups excluding carboxylic acids is 1. The Kier molecular flexibility index (Phi) is 2.73. The van der Waals surface area contributed by atoms with Crippen LogP contribution in [-0.4, -0.2) is 28.7 Å². The van der Waals surface area contributed by atoms with Crippen molar-refractivity contribution in [1.82, 2.24) is 10.2 Å². The zero-order chi connectivity index (χ0) is 7.94. The van der Waals surface area contributed by atoms with Crippen LogP contribution in [0.1, 0.15) is 0 Å². The summed E-state index contributed by atoms with van der Waals surface area (Å²) in [6.45, 7) is 0. The lowest BCUT2D eigenvalue weighted by atomic mass is 10.8. The molecular formula is C6H6N4O. The summed E-state index contributed by atoms with van der Waals surface area (Å²) in [5, 5.41) is 6.21. The lowest BCUT2D eigenvalue weighted by Gasteiger charge is -1.62. The van der Waals surface area contributed by atoms with E-state index in [-0.39, 0.29) is 0 Å². The van der Waals surface area contributed by atoms with E-state index in [1.807, 2.05) is 6.07 Å². The van der Waals surface area contributed by atoms with Crippen LogP contribution in [0.2, 0.25) is 0 Å². The second-order valence-corrected chi connectivity index (χ2v) is 1.61. The summed E-state index contributed by atoms with van der Waals surface area (Å²) in [5.74, 6) is 0. The number of aromatic nitrogens is 2. The number of amides is 2. The molecule has 1 aliphatic heterocycles. The van der Waals surface area contributed by atoms with Gasteiger partial charge in [-0.2, -0.15) is 15.1 Å². The molecule has 0 bridgehead atoms. The molecule has 1 aliphatic rings. The van der Waals surface area contributed by atoms with E-state index in [2.05, 4.69) is 20.2 Å². The lowest BCUT2D eigenvalue weighted by Crippen LogP contribution is -1.70. The van der Waals surface area contributed by atoms with Crippen LogP contribution in [0.5, 0.6) is 0 Å². The van der Waals surface area contributed by atoms with Crippen molar-refractivity contribution in [1.29, 1.82) is 0 Å². The summed E-state index contributed by atoms with van der Waals surface area (Å²) in [6, 6.07) is 1.43. The first-order valence-corrected chi connectivity index (χ1v) is 2.94. The third kappa shape index (κ3) is 3.04. The molecule has 2 rings (SSSR count). The Hall–Kier alpha value is -1.78. The van der Waals surface area contributed by atoms with Crippen molar-refractivity contribution in [2.24, 2.45) is 9.98 Å². The summed E-state index contributed by atoms with van der Waals surface area (Å²) in [7, 11) is 0. The van der Waals surface area contributed by atoms with Crippen molar-refractivity contribution in [3.05, 3.63) is 18.5 Å². The van der Waals surface area contributed by atoms with Crippen LogP contribution >= 0.6 is 0 Å². The number of rotatable bonds is 0. The van der Waals surface area contributed by atoms with Crippen molar-refractivity contribution < 1.29 is 4.79 Å². The summed E-state index contributed by atoms with van der Waals surface area (Å²) >= 11 is 0. The monoisotopic (exact) mass is 150 g/mol. The molecule has 1 aromatic heterocycles. The van der Waals surface area contributed by atoms with E-state index in [1.54, 1.807) is 12.4 Å². The van der Waals surface area contributed by atoms with Gasteiger partial charge >= 0.3 is 6.03 Å². The highest BCUT2D eigenvalue weighted by Gasteiger charge is 1.91. The maximum absolute atomic E-state index is 9.85.